The summed E-state index contributed by atoms with van der Waals surface area (Å²) >= 11 is 0. The molecule has 0 aliphatic heterocycles. The molecular formula is C15H16. The highest BCUT2D eigenvalue weighted by molar-refractivity contribution is 5.58. The van der Waals surface area contributed by atoms with E-state index < -0.39 is 0 Å². The van der Waals surface area contributed by atoms with Crippen LogP contribution in [0.2, 0.25) is 0 Å². The number of hydrogen-bond acceptors (Lipinski definition) is 0. The largest absolute Gasteiger partial charge is 0.0912 e. The maximum atomic E-state index is 3.98. The van der Waals surface area contributed by atoms with Gasteiger partial charge in [-0.2, -0.15) is 0 Å². The lowest BCUT2D eigenvalue weighted by atomic mass is 10.1. The highest BCUT2D eigenvalue weighted by Crippen LogP contribution is 2.07. The van der Waals surface area contributed by atoms with E-state index in [4.69, 9.17) is 0 Å². The molecule has 0 unspecified atom stereocenters. The van der Waals surface area contributed by atoms with Crippen molar-refractivity contribution < 1.29 is 0 Å². The van der Waals surface area contributed by atoms with E-state index in [1.54, 1.807) is 0 Å². The molecule has 0 aliphatic rings. The fourth-order valence-electron chi connectivity index (χ4n) is 1.26. The maximum absolute atomic E-state index is 3.98. The van der Waals surface area contributed by atoms with Crippen LogP contribution in [-0.2, 0) is 0 Å². The Hall–Kier alpha value is -1.82. The topological polar surface area (TPSA) is 0 Å². The zero-order valence-corrected chi connectivity index (χ0v) is 9.16. The minimum absolute atomic E-state index is 0.921. The maximum Gasteiger partial charge on any atom is -0.0184 e. The van der Waals surface area contributed by atoms with Gasteiger partial charge in [0.25, 0.3) is 0 Å². The van der Waals surface area contributed by atoms with Gasteiger partial charge in [0.1, 0.15) is 0 Å². The van der Waals surface area contributed by atoms with Crippen LogP contribution in [0.15, 0.2) is 60.7 Å². The molecule has 0 saturated heterocycles. The minimum atomic E-state index is 0.921. The van der Waals surface area contributed by atoms with Crippen LogP contribution >= 0.6 is 0 Å². The molecule has 0 radical (unpaired) electrons. The Morgan fingerprint density at radius 1 is 1.13 bits per heavy atom. The first kappa shape index (κ1) is 11.3. The predicted molar refractivity (Wildman–Crippen MR) is 68.8 cm³/mol. The van der Waals surface area contributed by atoms with E-state index >= 15 is 0 Å². The Morgan fingerprint density at radius 2 is 1.80 bits per heavy atom. The standard InChI is InChI=1S/C15H16/c1-5-8-12(2)14(4)11-15-10-7-6-9-13(15)3/h5-11H,2-4H2,1H3. The SMILES string of the molecule is C=C(C=CC)C(=C)C=c1ccccc1=C. The summed E-state index contributed by atoms with van der Waals surface area (Å²) in [7, 11) is 0. The lowest BCUT2D eigenvalue weighted by Gasteiger charge is -1.98. The molecule has 15 heavy (non-hydrogen) atoms. The number of allylic oxidation sites excluding steroid dienone is 4. The molecule has 1 aromatic carbocycles. The van der Waals surface area contributed by atoms with Crippen LogP contribution in [0.5, 0.6) is 0 Å². The van der Waals surface area contributed by atoms with Crippen molar-refractivity contribution >= 4 is 12.7 Å². The molecule has 1 rings (SSSR count). The zero-order valence-electron chi connectivity index (χ0n) is 9.16. The molecule has 0 nitrogen and oxygen atoms in total. The van der Waals surface area contributed by atoms with Crippen LogP contribution in [0.1, 0.15) is 6.92 Å². The van der Waals surface area contributed by atoms with E-state index in [0.717, 1.165) is 21.6 Å². The van der Waals surface area contributed by atoms with Crippen LogP contribution < -0.4 is 10.4 Å². The third kappa shape index (κ3) is 3.10. The second-order valence-electron chi connectivity index (χ2n) is 3.39. The lowest BCUT2D eigenvalue weighted by molar-refractivity contribution is 1.51. The van der Waals surface area contributed by atoms with Crippen molar-refractivity contribution in [1.29, 1.82) is 0 Å². The van der Waals surface area contributed by atoms with E-state index in [0.29, 0.717) is 0 Å². The first-order chi connectivity index (χ1) is 7.15. The van der Waals surface area contributed by atoms with Gasteiger partial charge in [-0.15, -0.1) is 0 Å². The molecular weight excluding hydrogens is 180 g/mol. The first-order valence-electron chi connectivity index (χ1n) is 4.91. The normalized spacial score (nSPS) is 11.9. The Morgan fingerprint density at radius 3 is 2.40 bits per heavy atom. The van der Waals surface area contributed by atoms with Gasteiger partial charge in [-0.3, -0.25) is 0 Å². The van der Waals surface area contributed by atoms with Crippen molar-refractivity contribution in [3.8, 4) is 0 Å². The van der Waals surface area contributed by atoms with Gasteiger partial charge in [-0.1, -0.05) is 56.2 Å². The van der Waals surface area contributed by atoms with Gasteiger partial charge in [0.05, 0.1) is 0 Å². The minimum Gasteiger partial charge on any atom is -0.0912 e. The average molecular weight is 196 g/mol. The molecule has 0 heterocycles. The van der Waals surface area contributed by atoms with Crippen molar-refractivity contribution in [3.63, 3.8) is 0 Å². The van der Waals surface area contributed by atoms with E-state index in [1.807, 2.05) is 49.4 Å². The Kier molecular flexibility index (Phi) is 3.87. The molecule has 0 N–H and O–H groups in total. The van der Waals surface area contributed by atoms with E-state index in [-0.39, 0.29) is 0 Å². The van der Waals surface area contributed by atoms with E-state index in [9.17, 15) is 0 Å². The van der Waals surface area contributed by atoms with Crippen molar-refractivity contribution in [2.75, 3.05) is 0 Å². The third-order valence-electron chi connectivity index (χ3n) is 2.17. The molecule has 76 valence electrons. The van der Waals surface area contributed by atoms with Crippen molar-refractivity contribution in [2.45, 2.75) is 6.92 Å². The summed E-state index contributed by atoms with van der Waals surface area (Å²) in [4.78, 5) is 0. The fraction of sp³-hybridized carbons (Fsp3) is 0.0667. The Labute approximate surface area is 91.3 Å². The molecule has 0 aromatic heterocycles. The molecule has 0 saturated carbocycles. The highest BCUT2D eigenvalue weighted by Gasteiger charge is 1.91. The summed E-state index contributed by atoms with van der Waals surface area (Å²) in [6, 6.07) is 7.98. The van der Waals surface area contributed by atoms with Crippen molar-refractivity contribution in [3.05, 3.63) is 71.2 Å². The van der Waals surface area contributed by atoms with Crippen LogP contribution in [0.25, 0.3) is 12.7 Å². The van der Waals surface area contributed by atoms with Crippen LogP contribution in [0.4, 0.5) is 0 Å². The molecule has 0 spiro atoms. The van der Waals surface area contributed by atoms with Gasteiger partial charge in [0.2, 0.25) is 0 Å². The smallest absolute Gasteiger partial charge is 0.0184 e. The summed E-state index contributed by atoms with van der Waals surface area (Å²) in [5, 5.41) is 2.10. The third-order valence-corrected chi connectivity index (χ3v) is 2.17. The summed E-state index contributed by atoms with van der Waals surface area (Å²) < 4.78 is 0. The van der Waals surface area contributed by atoms with Gasteiger partial charge in [-0.05, 0) is 34.6 Å². The summed E-state index contributed by atoms with van der Waals surface area (Å²) in [6.45, 7) is 13.8. The molecule has 0 heteroatoms. The van der Waals surface area contributed by atoms with Crippen LogP contribution in [-0.4, -0.2) is 0 Å². The molecule has 0 atom stereocenters. The van der Waals surface area contributed by atoms with Crippen LogP contribution in [0.3, 0.4) is 0 Å². The van der Waals surface area contributed by atoms with Gasteiger partial charge in [0, 0.05) is 0 Å². The second kappa shape index (κ2) is 5.16. The molecule has 0 amide bonds. The quantitative estimate of drug-likeness (QED) is 0.652. The van der Waals surface area contributed by atoms with Crippen molar-refractivity contribution in [1.82, 2.24) is 0 Å². The fourth-order valence-corrected chi connectivity index (χ4v) is 1.26. The molecule has 0 bridgehead atoms. The number of rotatable bonds is 3. The van der Waals surface area contributed by atoms with Crippen LogP contribution in [0, 0.1) is 0 Å². The molecule has 0 aliphatic carbocycles. The summed E-state index contributed by atoms with van der Waals surface area (Å²) in [6.07, 6.45) is 5.91. The van der Waals surface area contributed by atoms with Gasteiger partial charge < -0.3 is 0 Å². The van der Waals surface area contributed by atoms with Gasteiger partial charge in [0.15, 0.2) is 0 Å². The molecule has 0 fully saturated rings. The number of hydrogen-bond donors (Lipinski definition) is 0. The zero-order chi connectivity index (χ0) is 11.3. The average Bonchev–Trinajstić information content (AvgIpc) is 2.21. The Bertz CT molecular complexity index is 501. The molecule has 1 aromatic rings. The van der Waals surface area contributed by atoms with Gasteiger partial charge >= 0.3 is 0 Å². The summed E-state index contributed by atoms with van der Waals surface area (Å²) in [5.74, 6) is 0. The first-order valence-corrected chi connectivity index (χ1v) is 4.91. The monoisotopic (exact) mass is 196 g/mol. The van der Waals surface area contributed by atoms with E-state index in [2.05, 4.69) is 19.7 Å². The van der Waals surface area contributed by atoms with Crippen molar-refractivity contribution in [2.24, 2.45) is 0 Å². The lowest BCUT2D eigenvalue weighted by Crippen LogP contribution is -2.21. The second-order valence-corrected chi connectivity index (χ2v) is 3.39. The Balaban J connectivity index is 3.09. The number of benzene rings is 1. The summed E-state index contributed by atoms with van der Waals surface area (Å²) in [5.41, 5.74) is 1.85. The van der Waals surface area contributed by atoms with Gasteiger partial charge in [-0.25, -0.2) is 0 Å². The highest BCUT2D eigenvalue weighted by atomic mass is 14.0. The predicted octanol–water partition coefficient (Wildman–Crippen LogP) is 2.57. The van der Waals surface area contributed by atoms with E-state index in [1.165, 1.54) is 0 Å².